The molecule has 1 saturated heterocycles. The number of hydrogen-bond donors (Lipinski definition) is 3. The van der Waals surface area contributed by atoms with Crippen molar-refractivity contribution in [1.29, 1.82) is 0 Å². The molecule has 7 heteroatoms. The highest BCUT2D eigenvalue weighted by atomic mass is 16.5. The van der Waals surface area contributed by atoms with Gasteiger partial charge in [-0.15, -0.1) is 0 Å². The molecule has 0 unspecified atom stereocenters. The first kappa shape index (κ1) is 16.8. The van der Waals surface area contributed by atoms with Gasteiger partial charge in [-0.05, 0) is 30.2 Å². The maximum absolute atomic E-state index is 11.4. The number of pyridine rings is 1. The Hall–Kier alpha value is -2.64. The molecule has 2 aliphatic heterocycles. The van der Waals surface area contributed by atoms with Gasteiger partial charge in [-0.25, -0.2) is 10.5 Å². The second-order valence-corrected chi connectivity index (χ2v) is 6.79. The maximum atomic E-state index is 11.4. The van der Waals surface area contributed by atoms with Crippen molar-refractivity contribution in [2.24, 2.45) is 0 Å². The number of carbonyl (C=O) groups excluding carboxylic acids is 1. The number of benzene rings is 1. The molecule has 2 aliphatic rings. The summed E-state index contributed by atoms with van der Waals surface area (Å²) in [5, 5.41) is 11.1. The molecule has 0 spiro atoms. The van der Waals surface area contributed by atoms with E-state index in [2.05, 4.69) is 26.2 Å². The second-order valence-electron chi connectivity index (χ2n) is 6.79. The fraction of sp³-hybridized carbons (Fsp3) is 0.368. The molecule has 1 fully saturated rings. The Bertz CT molecular complexity index is 787. The number of anilines is 2. The lowest BCUT2D eigenvalue weighted by molar-refractivity contribution is -0.655. The lowest BCUT2D eigenvalue weighted by Gasteiger charge is -2.29. The quantitative estimate of drug-likeness (QED) is 0.537. The summed E-state index contributed by atoms with van der Waals surface area (Å²) in [6, 6.07) is 9.45. The van der Waals surface area contributed by atoms with E-state index in [1.807, 2.05) is 18.3 Å². The highest BCUT2D eigenvalue weighted by Gasteiger charge is 2.26. The average molecular weight is 354 g/mol. The van der Waals surface area contributed by atoms with Crippen molar-refractivity contribution in [2.75, 3.05) is 42.5 Å². The number of aromatic nitrogens is 1. The van der Waals surface area contributed by atoms with Gasteiger partial charge in [0.15, 0.2) is 0 Å². The van der Waals surface area contributed by atoms with Crippen molar-refractivity contribution in [2.45, 2.75) is 13.0 Å². The van der Waals surface area contributed by atoms with Crippen LogP contribution in [0.25, 0.3) is 0 Å². The van der Waals surface area contributed by atoms with Gasteiger partial charge in [0.2, 0.25) is 0 Å². The lowest BCUT2D eigenvalue weighted by Crippen LogP contribution is -2.89. The Labute approximate surface area is 152 Å². The van der Waals surface area contributed by atoms with Crippen molar-refractivity contribution in [3.05, 3.63) is 53.2 Å². The summed E-state index contributed by atoms with van der Waals surface area (Å²) in [5.74, 6) is 0.586. The third kappa shape index (κ3) is 3.23. The zero-order chi connectivity index (χ0) is 17.9. The van der Waals surface area contributed by atoms with Gasteiger partial charge in [-0.3, -0.25) is 10.0 Å². The van der Waals surface area contributed by atoms with Gasteiger partial charge in [0.05, 0.1) is 26.2 Å². The SMILES string of the molecule is O=C(NO)c1ccc(CN2CCc3c(N4CC[NH2+]CC4)ccnc32)cc1. The highest BCUT2D eigenvalue weighted by Crippen LogP contribution is 2.34. The van der Waals surface area contributed by atoms with Gasteiger partial charge in [-0.2, -0.15) is 0 Å². The number of quaternary nitrogens is 1. The molecule has 0 bridgehead atoms. The molecule has 1 aromatic heterocycles. The monoisotopic (exact) mass is 354 g/mol. The minimum absolute atomic E-state index is 0.445. The van der Waals surface area contributed by atoms with Crippen molar-refractivity contribution in [3.8, 4) is 0 Å². The van der Waals surface area contributed by atoms with Crippen LogP contribution in [0.15, 0.2) is 36.5 Å². The average Bonchev–Trinajstić information content (AvgIpc) is 3.11. The maximum Gasteiger partial charge on any atom is 0.274 e. The molecule has 1 amide bonds. The van der Waals surface area contributed by atoms with E-state index in [4.69, 9.17) is 5.21 Å². The summed E-state index contributed by atoms with van der Waals surface area (Å²) in [5.41, 5.74) is 5.91. The molecule has 0 saturated carbocycles. The number of carbonyl (C=O) groups is 1. The van der Waals surface area contributed by atoms with Gasteiger partial charge in [0.25, 0.3) is 5.91 Å². The number of nitrogens with two attached hydrogens (primary N) is 1. The topological polar surface area (TPSA) is 85.3 Å². The first-order valence-corrected chi connectivity index (χ1v) is 9.09. The third-order valence-electron chi connectivity index (χ3n) is 5.18. The summed E-state index contributed by atoms with van der Waals surface area (Å²) < 4.78 is 0. The predicted molar refractivity (Wildman–Crippen MR) is 98.6 cm³/mol. The Morgan fingerprint density at radius 3 is 2.65 bits per heavy atom. The van der Waals surface area contributed by atoms with E-state index in [0.717, 1.165) is 57.1 Å². The molecule has 4 rings (SSSR count). The number of nitrogens with one attached hydrogen (secondary N) is 1. The normalized spacial score (nSPS) is 16.5. The van der Waals surface area contributed by atoms with Crippen LogP contribution in [0.1, 0.15) is 21.5 Å². The Balaban J connectivity index is 1.52. The minimum Gasteiger partial charge on any atom is -0.360 e. The van der Waals surface area contributed by atoms with Gasteiger partial charge in [0, 0.05) is 36.1 Å². The van der Waals surface area contributed by atoms with Crippen LogP contribution in [-0.4, -0.2) is 48.8 Å². The van der Waals surface area contributed by atoms with Crippen molar-refractivity contribution in [3.63, 3.8) is 0 Å². The first-order chi connectivity index (χ1) is 12.8. The second kappa shape index (κ2) is 7.31. The van der Waals surface area contributed by atoms with E-state index < -0.39 is 5.91 Å². The zero-order valence-electron chi connectivity index (χ0n) is 14.7. The fourth-order valence-corrected chi connectivity index (χ4v) is 3.82. The molecule has 0 aliphatic carbocycles. The molecule has 136 valence electrons. The number of fused-ring (bicyclic) bond motifs is 1. The summed E-state index contributed by atoms with van der Waals surface area (Å²) >= 11 is 0. The van der Waals surface area contributed by atoms with Crippen LogP contribution in [0.3, 0.4) is 0 Å². The molecular weight excluding hydrogens is 330 g/mol. The molecular formula is C19H24N5O2+. The predicted octanol–water partition coefficient (Wildman–Crippen LogP) is 0.147. The van der Waals surface area contributed by atoms with Crippen molar-refractivity contribution in [1.82, 2.24) is 10.5 Å². The van der Waals surface area contributed by atoms with Crippen LogP contribution in [0.4, 0.5) is 11.5 Å². The largest absolute Gasteiger partial charge is 0.360 e. The van der Waals surface area contributed by atoms with E-state index in [1.54, 1.807) is 17.6 Å². The molecule has 2 aromatic rings. The van der Waals surface area contributed by atoms with Crippen LogP contribution in [0.5, 0.6) is 0 Å². The van der Waals surface area contributed by atoms with Crippen LogP contribution in [-0.2, 0) is 13.0 Å². The van der Waals surface area contributed by atoms with E-state index in [0.29, 0.717) is 5.56 Å². The standard InChI is InChI=1S/C19H23N5O2/c25-19(22-26)15-3-1-14(2-4-15)13-24-10-6-16-17(5-7-21-18(16)24)23-11-8-20-9-12-23/h1-5,7,20,26H,6,8-13H2,(H,22,25)/p+1. The Morgan fingerprint density at radius 2 is 1.92 bits per heavy atom. The van der Waals surface area contributed by atoms with Gasteiger partial charge >= 0.3 is 0 Å². The molecule has 26 heavy (non-hydrogen) atoms. The van der Waals surface area contributed by atoms with E-state index in [-0.39, 0.29) is 0 Å². The molecule has 4 N–H and O–H groups in total. The first-order valence-electron chi connectivity index (χ1n) is 9.09. The number of hydrogen-bond acceptors (Lipinski definition) is 5. The van der Waals surface area contributed by atoms with Crippen molar-refractivity contribution >= 4 is 17.4 Å². The molecule has 0 atom stereocenters. The minimum atomic E-state index is -0.492. The fourth-order valence-electron chi connectivity index (χ4n) is 3.82. The number of amides is 1. The van der Waals surface area contributed by atoms with Crippen molar-refractivity contribution < 1.29 is 15.3 Å². The van der Waals surface area contributed by atoms with Crippen LogP contribution in [0.2, 0.25) is 0 Å². The molecule has 0 radical (unpaired) electrons. The summed E-state index contributed by atoms with van der Waals surface area (Å²) in [6.45, 7) is 6.19. The molecule has 7 nitrogen and oxygen atoms in total. The molecule has 1 aromatic carbocycles. The van der Waals surface area contributed by atoms with E-state index in [9.17, 15) is 4.79 Å². The number of rotatable bonds is 4. The summed E-state index contributed by atoms with van der Waals surface area (Å²) in [7, 11) is 0. The third-order valence-corrected chi connectivity index (χ3v) is 5.18. The highest BCUT2D eigenvalue weighted by molar-refractivity contribution is 5.93. The number of piperazine rings is 1. The van der Waals surface area contributed by atoms with Gasteiger partial charge < -0.3 is 15.1 Å². The summed E-state index contributed by atoms with van der Waals surface area (Å²) in [6.07, 6.45) is 2.93. The van der Waals surface area contributed by atoms with Crippen LogP contribution < -0.4 is 20.6 Å². The van der Waals surface area contributed by atoms with Gasteiger partial charge in [0.1, 0.15) is 5.82 Å². The Kier molecular flexibility index (Phi) is 4.73. The molecule has 3 heterocycles. The van der Waals surface area contributed by atoms with Crippen LogP contribution >= 0.6 is 0 Å². The smallest absolute Gasteiger partial charge is 0.274 e. The summed E-state index contributed by atoms with van der Waals surface area (Å²) in [4.78, 5) is 20.9. The van der Waals surface area contributed by atoms with E-state index >= 15 is 0 Å². The zero-order valence-corrected chi connectivity index (χ0v) is 14.7. The van der Waals surface area contributed by atoms with Crippen LogP contribution in [0, 0.1) is 0 Å². The number of nitrogens with zero attached hydrogens (tertiary/aromatic N) is 3. The lowest BCUT2D eigenvalue weighted by atomic mass is 10.1. The Morgan fingerprint density at radius 1 is 1.15 bits per heavy atom. The van der Waals surface area contributed by atoms with E-state index in [1.165, 1.54) is 11.3 Å². The number of hydroxylamine groups is 1. The van der Waals surface area contributed by atoms with Gasteiger partial charge in [-0.1, -0.05) is 12.1 Å².